The van der Waals surface area contributed by atoms with E-state index in [1.807, 2.05) is 74.8 Å². The van der Waals surface area contributed by atoms with E-state index in [4.69, 9.17) is 29.2 Å². The van der Waals surface area contributed by atoms with Crippen molar-refractivity contribution < 1.29 is 38.2 Å². The van der Waals surface area contributed by atoms with Gasteiger partial charge in [0.15, 0.2) is 11.6 Å². The summed E-state index contributed by atoms with van der Waals surface area (Å²) in [6.45, 7) is 11.7. The molecule has 19 heteroatoms. The second-order valence-electron chi connectivity index (χ2n) is 18.7. The fourth-order valence-corrected chi connectivity index (χ4v) is 10.7. The van der Waals surface area contributed by atoms with Crippen LogP contribution in [0.1, 0.15) is 61.6 Å². The van der Waals surface area contributed by atoms with E-state index in [9.17, 15) is 14.7 Å². The molecule has 0 spiro atoms. The lowest BCUT2D eigenvalue weighted by molar-refractivity contribution is -0.141. The van der Waals surface area contributed by atoms with E-state index in [-0.39, 0.29) is 56.3 Å². The van der Waals surface area contributed by atoms with Gasteiger partial charge in [-0.3, -0.25) is 9.59 Å². The Bertz CT molecular complexity index is 2740. The van der Waals surface area contributed by atoms with Gasteiger partial charge in [0.05, 0.1) is 60.0 Å². The highest BCUT2D eigenvalue weighted by Gasteiger charge is 2.44. The normalized spacial score (nSPS) is 19.1. The molecule has 3 fully saturated rings. The summed E-state index contributed by atoms with van der Waals surface area (Å²) >= 11 is 1.58. The number of carbonyl (C=O) groups is 2. The zero-order valence-electron chi connectivity index (χ0n) is 40.6. The molecule has 4 aromatic heterocycles. The number of piperazine rings is 1. The molecule has 374 valence electrons. The van der Waals surface area contributed by atoms with Crippen LogP contribution in [-0.4, -0.2) is 131 Å². The van der Waals surface area contributed by atoms with Crippen LogP contribution < -0.4 is 30.3 Å². The number of amides is 2. The topological polar surface area (TPSA) is 217 Å². The number of likely N-dealkylation sites (tertiary alicyclic amines) is 1. The first-order valence-corrected chi connectivity index (χ1v) is 25.2. The zero-order chi connectivity index (χ0) is 49.4. The fourth-order valence-electron chi connectivity index (χ4n) is 9.90. The van der Waals surface area contributed by atoms with Gasteiger partial charge in [-0.1, -0.05) is 62.4 Å². The Morgan fingerprint density at radius 2 is 1.59 bits per heavy atom. The van der Waals surface area contributed by atoms with Crippen LogP contribution in [0.5, 0.6) is 11.8 Å². The summed E-state index contributed by atoms with van der Waals surface area (Å²) in [6.07, 6.45) is 3.27. The Morgan fingerprint density at radius 1 is 0.873 bits per heavy atom. The van der Waals surface area contributed by atoms with Gasteiger partial charge in [-0.25, -0.2) is 9.97 Å². The monoisotopic (exact) mass is 986 g/mol. The van der Waals surface area contributed by atoms with Crippen LogP contribution in [0.25, 0.3) is 21.7 Å². The summed E-state index contributed by atoms with van der Waals surface area (Å²) < 4.78 is 28.9. The number of aliphatic hydroxyl groups excluding tert-OH is 1. The number of fused-ring (bicyclic) bond motifs is 2. The van der Waals surface area contributed by atoms with Crippen LogP contribution in [0, 0.1) is 19.8 Å². The smallest absolute Gasteiger partial charge is 0.254 e. The quantitative estimate of drug-likeness (QED) is 0.0683. The molecule has 0 saturated carbocycles. The molecule has 2 amide bonds. The molecule has 18 nitrogen and oxygen atoms in total. The van der Waals surface area contributed by atoms with Crippen molar-refractivity contribution in [3.8, 4) is 33.5 Å². The summed E-state index contributed by atoms with van der Waals surface area (Å²) in [6, 6.07) is 23.6. The third-order valence-electron chi connectivity index (χ3n) is 13.4. The fraction of sp³-hybridized carbons (Fsp3) is 0.442. The number of benzene rings is 2. The van der Waals surface area contributed by atoms with Crippen molar-refractivity contribution in [1.82, 2.24) is 35.5 Å². The first-order valence-electron chi connectivity index (χ1n) is 24.3. The SMILES string of the molecule is Cc1ccccc1-c1cc(N2CC3CCC(C2)N3c2ccnc(OCCOCCOCCOc3cc(C(C(=O)N4C[C@H](O)C[C@H]4C(=O)NCc4ccc(-c5scnc5C)cc4)C(C)C)on3)c2)c(N)nn1. The van der Waals surface area contributed by atoms with Crippen LogP contribution in [-0.2, 0) is 25.6 Å². The van der Waals surface area contributed by atoms with E-state index in [2.05, 4.69) is 65.6 Å². The molecule has 2 aromatic carbocycles. The minimum absolute atomic E-state index is 0.0419. The summed E-state index contributed by atoms with van der Waals surface area (Å²) in [7, 11) is 0. The number of nitrogens with one attached hydrogen (secondary N) is 1. The van der Waals surface area contributed by atoms with Crippen molar-refractivity contribution in [1.29, 1.82) is 0 Å². The van der Waals surface area contributed by atoms with E-state index in [0.717, 1.165) is 75.8 Å². The number of aliphatic hydroxyl groups is 1. The van der Waals surface area contributed by atoms with Crippen LogP contribution in [0.15, 0.2) is 89.0 Å². The number of aromatic nitrogens is 5. The third kappa shape index (κ3) is 11.6. The van der Waals surface area contributed by atoms with Gasteiger partial charge in [-0.15, -0.1) is 21.5 Å². The van der Waals surface area contributed by atoms with Crippen molar-refractivity contribution >= 4 is 40.3 Å². The van der Waals surface area contributed by atoms with Gasteiger partial charge in [-0.05, 0) is 66.6 Å². The standard InChI is InChI=1S/C52H62N10O8S/c1-32(2)48(52(65)61-30-40(63)24-44(61)51(64)55-27-35-9-11-36(12-10-35)49-34(4)56-31-71-49)45-26-47(59-70-45)69-22-20-67-18-17-66-19-21-68-46-23-37(15-16-54-46)62-38-13-14-39(62)29-60(28-38)43-25-42(57-58-50(43)53)41-8-6-5-7-33(41)3/h5-12,15-16,23,25-26,31-32,38-40,44,48,63H,13-14,17-22,24,27-30H2,1-4H3,(H2,53,58)(H,55,64)/t38?,39?,40-,44+,48?/m1/s1. The van der Waals surface area contributed by atoms with E-state index in [1.165, 1.54) is 4.90 Å². The van der Waals surface area contributed by atoms with Gasteiger partial charge in [0.1, 0.15) is 25.2 Å². The second kappa shape index (κ2) is 22.6. The highest BCUT2D eigenvalue weighted by molar-refractivity contribution is 7.13. The average Bonchev–Trinajstić information content (AvgIpc) is 4.17. The Labute approximate surface area is 417 Å². The lowest BCUT2D eigenvalue weighted by atomic mass is 9.91. The zero-order valence-corrected chi connectivity index (χ0v) is 41.4. The van der Waals surface area contributed by atoms with Gasteiger partial charge in [-0.2, -0.15) is 0 Å². The minimum atomic E-state index is -0.829. The molecule has 7 heterocycles. The molecule has 4 N–H and O–H groups in total. The first-order chi connectivity index (χ1) is 34.5. The number of hydrogen-bond donors (Lipinski definition) is 3. The molecule has 3 aliphatic rings. The largest absolute Gasteiger partial charge is 0.475 e. The van der Waals surface area contributed by atoms with Gasteiger partial charge >= 0.3 is 0 Å². The summed E-state index contributed by atoms with van der Waals surface area (Å²) in [5, 5.41) is 26.4. The predicted molar refractivity (Wildman–Crippen MR) is 269 cm³/mol. The van der Waals surface area contributed by atoms with Crippen molar-refractivity contribution in [3.63, 3.8) is 0 Å². The molecule has 9 rings (SSSR count). The van der Waals surface area contributed by atoms with Crippen molar-refractivity contribution in [3.05, 3.63) is 107 Å². The Kier molecular flexibility index (Phi) is 15.7. The lowest BCUT2D eigenvalue weighted by Gasteiger charge is -2.43. The maximum absolute atomic E-state index is 14.1. The number of aryl methyl sites for hydroxylation is 2. The summed E-state index contributed by atoms with van der Waals surface area (Å²) in [5.74, 6) is -0.0547. The Hall–Kier alpha value is -6.67. The molecule has 2 bridgehead atoms. The Balaban J connectivity index is 0.671. The van der Waals surface area contributed by atoms with Crippen LogP contribution in [0.2, 0.25) is 0 Å². The van der Waals surface area contributed by atoms with Crippen molar-refractivity contribution in [2.75, 3.05) is 74.8 Å². The Morgan fingerprint density at radius 3 is 2.30 bits per heavy atom. The van der Waals surface area contributed by atoms with E-state index in [1.54, 1.807) is 23.6 Å². The molecule has 0 aliphatic carbocycles. The van der Waals surface area contributed by atoms with Gasteiger partial charge in [0, 0.05) is 74.3 Å². The molecule has 0 radical (unpaired) electrons. The maximum atomic E-state index is 14.1. The number of ether oxygens (including phenoxy) is 4. The number of carbonyl (C=O) groups excluding carboxylic acids is 2. The number of β-amino-alcohol motifs (C(OH)–C–C–N with tert-alkyl or cyclic N) is 1. The van der Waals surface area contributed by atoms with Crippen LogP contribution >= 0.6 is 11.3 Å². The highest BCUT2D eigenvalue weighted by Crippen LogP contribution is 2.39. The number of rotatable bonds is 21. The molecule has 6 aromatic rings. The molecule has 3 saturated heterocycles. The average molecular weight is 987 g/mol. The van der Waals surface area contributed by atoms with Crippen molar-refractivity contribution in [2.24, 2.45) is 5.92 Å². The molecule has 3 unspecified atom stereocenters. The van der Waals surface area contributed by atoms with Gasteiger partial charge < -0.3 is 54.3 Å². The molecular weight excluding hydrogens is 925 g/mol. The second-order valence-corrected chi connectivity index (χ2v) is 19.5. The number of nitrogens with two attached hydrogens (primary N) is 1. The van der Waals surface area contributed by atoms with Crippen LogP contribution in [0.4, 0.5) is 17.2 Å². The van der Waals surface area contributed by atoms with E-state index < -0.39 is 18.1 Å². The minimum Gasteiger partial charge on any atom is -0.475 e. The predicted octanol–water partition coefficient (Wildman–Crippen LogP) is 6.22. The number of hydrogen-bond acceptors (Lipinski definition) is 17. The number of thiazole rings is 1. The highest BCUT2D eigenvalue weighted by atomic mass is 32.1. The number of nitrogen functional groups attached to an aromatic ring is 1. The molecule has 5 atom stereocenters. The van der Waals surface area contributed by atoms with E-state index >= 15 is 0 Å². The number of anilines is 3. The van der Waals surface area contributed by atoms with Gasteiger partial charge in [0.2, 0.25) is 17.7 Å². The molecular formula is C52H62N10O8S. The number of nitrogens with zero attached hydrogens (tertiary/aromatic N) is 8. The van der Waals surface area contributed by atoms with Crippen molar-refractivity contribution in [2.45, 2.75) is 83.6 Å². The first kappa shape index (κ1) is 49.3. The van der Waals surface area contributed by atoms with Gasteiger partial charge in [0.25, 0.3) is 5.88 Å². The maximum Gasteiger partial charge on any atom is 0.254 e. The third-order valence-corrected chi connectivity index (χ3v) is 14.4. The summed E-state index contributed by atoms with van der Waals surface area (Å²) in [4.78, 5) is 43.7. The molecule has 71 heavy (non-hydrogen) atoms. The van der Waals surface area contributed by atoms with Crippen LogP contribution in [0.3, 0.4) is 0 Å². The van der Waals surface area contributed by atoms with E-state index in [0.29, 0.717) is 56.0 Å². The number of pyridine rings is 1. The molecule has 3 aliphatic heterocycles. The lowest BCUT2D eigenvalue weighted by Crippen LogP contribution is -2.54. The summed E-state index contributed by atoms with van der Waals surface area (Å²) in [5.41, 5.74) is 16.2.